The lowest BCUT2D eigenvalue weighted by molar-refractivity contribution is -0.125. The lowest BCUT2D eigenvalue weighted by atomic mass is 10.1. The number of amides is 3. The van der Waals surface area contributed by atoms with Gasteiger partial charge in [0.1, 0.15) is 11.6 Å². The Bertz CT molecular complexity index is 1580. The zero-order valence-electron chi connectivity index (χ0n) is 24.3. The SMILES string of the molecule is C=CC(=O)N1CC[C@H](N2C(=O)N(c3ccc(F)c(Cl)c3)Cc3cnc(Nc4ccc(N5CCN(C)CC5)c(C)c4)nc32)C1. The lowest BCUT2D eigenvalue weighted by Gasteiger charge is -2.39. The van der Waals surface area contributed by atoms with Gasteiger partial charge in [-0.05, 0) is 68.4 Å². The van der Waals surface area contributed by atoms with Gasteiger partial charge in [-0.15, -0.1) is 0 Å². The van der Waals surface area contributed by atoms with Crippen LogP contribution in [0.1, 0.15) is 17.5 Å². The van der Waals surface area contributed by atoms with E-state index in [9.17, 15) is 14.0 Å². The van der Waals surface area contributed by atoms with Crippen LogP contribution in [0.2, 0.25) is 5.02 Å². The molecule has 3 aliphatic rings. The zero-order valence-corrected chi connectivity index (χ0v) is 25.0. The fourth-order valence-corrected chi connectivity index (χ4v) is 6.14. The van der Waals surface area contributed by atoms with Crippen LogP contribution in [0.25, 0.3) is 0 Å². The summed E-state index contributed by atoms with van der Waals surface area (Å²) in [6.07, 6.45) is 3.56. The van der Waals surface area contributed by atoms with E-state index in [0.29, 0.717) is 37.0 Å². The first-order valence-electron chi connectivity index (χ1n) is 14.4. The van der Waals surface area contributed by atoms with Gasteiger partial charge in [-0.1, -0.05) is 18.2 Å². The predicted octanol–water partition coefficient (Wildman–Crippen LogP) is 4.81. The Morgan fingerprint density at radius 1 is 1.14 bits per heavy atom. The molecule has 0 unspecified atom stereocenters. The van der Waals surface area contributed by atoms with E-state index in [-0.39, 0.29) is 29.5 Å². The van der Waals surface area contributed by atoms with Gasteiger partial charge in [0.2, 0.25) is 11.9 Å². The minimum Gasteiger partial charge on any atom is -0.369 e. The minimum absolute atomic E-state index is 0.0731. The number of piperazine rings is 1. The monoisotopic (exact) mass is 604 g/mol. The maximum atomic E-state index is 14.0. The molecule has 1 atom stereocenters. The van der Waals surface area contributed by atoms with Crippen molar-refractivity contribution < 1.29 is 14.0 Å². The first kappa shape index (κ1) is 28.9. The standard InChI is InChI=1S/C31H34ClFN8O2/c1-4-28(42)39-10-9-24(19-39)41-29-21(18-40(31(41)43)23-6-7-26(33)25(32)16-23)17-34-30(36-29)35-22-5-8-27(20(2)15-22)38-13-11-37(3)12-14-38/h4-8,15-17,24H,1,9-14,18-19H2,2-3H3,(H,34,35,36)/t24-/m0/s1. The van der Waals surface area contributed by atoms with Gasteiger partial charge in [-0.25, -0.2) is 14.2 Å². The zero-order chi connectivity index (χ0) is 30.2. The number of aromatic nitrogens is 2. The van der Waals surface area contributed by atoms with Crippen LogP contribution in [0.3, 0.4) is 0 Å². The highest BCUT2D eigenvalue weighted by molar-refractivity contribution is 6.31. The summed E-state index contributed by atoms with van der Waals surface area (Å²) in [6.45, 7) is 10.8. The number of hydrogen-bond acceptors (Lipinski definition) is 7. The highest BCUT2D eigenvalue weighted by atomic mass is 35.5. The summed E-state index contributed by atoms with van der Waals surface area (Å²) in [7, 11) is 2.14. The number of likely N-dealkylation sites (tertiary alicyclic amines) is 1. The first-order valence-corrected chi connectivity index (χ1v) is 14.7. The Labute approximate surface area is 255 Å². The number of nitrogens with one attached hydrogen (secondary N) is 1. The summed E-state index contributed by atoms with van der Waals surface area (Å²) in [6, 6.07) is 9.77. The van der Waals surface area contributed by atoms with Crippen LogP contribution in [0, 0.1) is 12.7 Å². The van der Waals surface area contributed by atoms with Gasteiger partial charge in [0.15, 0.2) is 0 Å². The van der Waals surface area contributed by atoms with Gasteiger partial charge >= 0.3 is 6.03 Å². The second kappa shape index (κ2) is 11.8. The number of likely N-dealkylation sites (N-methyl/N-ethyl adjacent to an activating group) is 1. The Hall–Kier alpha value is -4.22. The average Bonchev–Trinajstić information content (AvgIpc) is 3.48. The third-order valence-electron chi connectivity index (χ3n) is 8.36. The molecule has 4 heterocycles. The molecule has 43 heavy (non-hydrogen) atoms. The van der Waals surface area contributed by atoms with Crippen molar-refractivity contribution in [3.8, 4) is 0 Å². The fraction of sp³-hybridized carbons (Fsp3) is 0.355. The van der Waals surface area contributed by atoms with Crippen LogP contribution in [-0.4, -0.2) is 84.1 Å². The molecule has 1 N–H and O–H groups in total. The topological polar surface area (TPSA) is 88.1 Å². The van der Waals surface area contributed by atoms with Crippen LogP contribution >= 0.6 is 11.6 Å². The van der Waals surface area contributed by atoms with E-state index in [2.05, 4.69) is 52.8 Å². The molecule has 0 saturated carbocycles. The van der Waals surface area contributed by atoms with Crippen LogP contribution in [0.15, 0.2) is 55.3 Å². The molecule has 2 aromatic carbocycles. The number of fused-ring (bicyclic) bond motifs is 1. The Kier molecular flexibility index (Phi) is 7.93. The summed E-state index contributed by atoms with van der Waals surface area (Å²) >= 11 is 6.07. The normalized spacial score (nSPS) is 19.1. The van der Waals surface area contributed by atoms with Crippen molar-refractivity contribution in [1.29, 1.82) is 0 Å². The lowest BCUT2D eigenvalue weighted by Crippen LogP contribution is -2.53. The van der Waals surface area contributed by atoms with Gasteiger partial charge in [-0.3, -0.25) is 14.6 Å². The Morgan fingerprint density at radius 3 is 2.65 bits per heavy atom. The summed E-state index contributed by atoms with van der Waals surface area (Å²) in [5.74, 6) is 0.0939. The van der Waals surface area contributed by atoms with Gasteiger partial charge in [-0.2, -0.15) is 4.98 Å². The number of carbonyl (C=O) groups is 2. The van der Waals surface area contributed by atoms with Crippen molar-refractivity contribution in [3.63, 3.8) is 0 Å². The Morgan fingerprint density at radius 2 is 1.93 bits per heavy atom. The van der Waals surface area contributed by atoms with Crippen molar-refractivity contribution in [3.05, 3.63) is 77.2 Å². The number of anilines is 5. The molecule has 2 fully saturated rings. The van der Waals surface area contributed by atoms with Gasteiger partial charge in [0.05, 0.1) is 17.6 Å². The first-order chi connectivity index (χ1) is 20.7. The van der Waals surface area contributed by atoms with E-state index in [0.717, 1.165) is 43.0 Å². The van der Waals surface area contributed by atoms with E-state index in [4.69, 9.17) is 16.6 Å². The second-order valence-corrected chi connectivity index (χ2v) is 11.6. The molecule has 3 aromatic rings. The van der Waals surface area contributed by atoms with Crippen molar-refractivity contribution in [1.82, 2.24) is 19.8 Å². The smallest absolute Gasteiger partial charge is 0.330 e. The molecule has 224 valence electrons. The van der Waals surface area contributed by atoms with Crippen LogP contribution in [0.4, 0.5) is 38.0 Å². The molecule has 1 aromatic heterocycles. The molecular formula is C31H34ClFN8O2. The number of benzene rings is 2. The molecule has 3 amide bonds. The number of aryl methyl sites for hydroxylation is 1. The van der Waals surface area contributed by atoms with E-state index >= 15 is 0 Å². The minimum atomic E-state index is -0.563. The fourth-order valence-electron chi connectivity index (χ4n) is 5.97. The second-order valence-electron chi connectivity index (χ2n) is 11.2. The molecule has 0 spiro atoms. The third-order valence-corrected chi connectivity index (χ3v) is 8.65. The van der Waals surface area contributed by atoms with Crippen molar-refractivity contribution in [2.24, 2.45) is 0 Å². The molecule has 12 heteroatoms. The number of hydrogen-bond donors (Lipinski definition) is 1. The summed E-state index contributed by atoms with van der Waals surface area (Å²) in [4.78, 5) is 45.3. The summed E-state index contributed by atoms with van der Waals surface area (Å²) in [5.41, 5.74) is 4.39. The average molecular weight is 605 g/mol. The molecule has 0 bridgehead atoms. The summed E-state index contributed by atoms with van der Waals surface area (Å²) < 4.78 is 13.9. The van der Waals surface area contributed by atoms with Gasteiger partial charge in [0.25, 0.3) is 0 Å². The van der Waals surface area contributed by atoms with E-state index in [1.54, 1.807) is 16.0 Å². The molecular weight excluding hydrogens is 571 g/mol. The van der Waals surface area contributed by atoms with E-state index in [1.165, 1.54) is 34.9 Å². The molecule has 0 radical (unpaired) electrons. The van der Waals surface area contributed by atoms with Gasteiger partial charge in [0, 0.05) is 68.1 Å². The number of urea groups is 1. The quantitative estimate of drug-likeness (QED) is 0.404. The number of carbonyl (C=O) groups excluding carboxylic acids is 2. The number of halogens is 2. The van der Waals surface area contributed by atoms with Crippen LogP contribution in [-0.2, 0) is 11.3 Å². The van der Waals surface area contributed by atoms with Crippen molar-refractivity contribution >= 4 is 52.4 Å². The molecule has 6 rings (SSSR count). The third kappa shape index (κ3) is 5.74. The highest BCUT2D eigenvalue weighted by Gasteiger charge is 2.41. The van der Waals surface area contributed by atoms with Crippen LogP contribution in [0.5, 0.6) is 0 Å². The number of rotatable bonds is 6. The van der Waals surface area contributed by atoms with Crippen LogP contribution < -0.4 is 20.0 Å². The van der Waals surface area contributed by atoms with E-state index < -0.39 is 5.82 Å². The van der Waals surface area contributed by atoms with Gasteiger partial charge < -0.3 is 20.0 Å². The van der Waals surface area contributed by atoms with Crippen molar-refractivity contribution in [2.75, 3.05) is 66.3 Å². The maximum Gasteiger partial charge on any atom is 0.330 e. The number of nitrogens with zero attached hydrogens (tertiary/aromatic N) is 7. The predicted molar refractivity (Wildman–Crippen MR) is 167 cm³/mol. The molecule has 0 aliphatic carbocycles. The molecule has 2 saturated heterocycles. The van der Waals surface area contributed by atoms with E-state index in [1.807, 2.05) is 6.07 Å². The molecule has 10 nitrogen and oxygen atoms in total. The Balaban J connectivity index is 1.30. The maximum absolute atomic E-state index is 14.0. The van der Waals surface area contributed by atoms with Crippen molar-refractivity contribution in [2.45, 2.75) is 25.9 Å². The largest absolute Gasteiger partial charge is 0.369 e. The highest BCUT2D eigenvalue weighted by Crippen LogP contribution is 2.36. The summed E-state index contributed by atoms with van der Waals surface area (Å²) in [5, 5.41) is 3.24. The molecule has 3 aliphatic heterocycles.